The summed E-state index contributed by atoms with van der Waals surface area (Å²) in [6.45, 7) is 5.88. The van der Waals surface area contributed by atoms with Gasteiger partial charge in [-0.25, -0.2) is 0 Å². The zero-order chi connectivity index (χ0) is 9.84. The van der Waals surface area contributed by atoms with Gasteiger partial charge in [0.1, 0.15) is 0 Å². The first kappa shape index (κ1) is 10.2. The van der Waals surface area contributed by atoms with Crippen LogP contribution < -0.4 is 0 Å². The van der Waals surface area contributed by atoms with Crippen molar-refractivity contribution in [3.05, 3.63) is 34.9 Å². The van der Waals surface area contributed by atoms with Gasteiger partial charge in [0.15, 0.2) is 0 Å². The molecule has 0 bridgehead atoms. The Bertz CT molecular complexity index is 278. The van der Waals surface area contributed by atoms with E-state index in [1.165, 1.54) is 11.1 Å². The highest BCUT2D eigenvalue weighted by atomic mass is 19.1. The molecule has 0 heterocycles. The van der Waals surface area contributed by atoms with Gasteiger partial charge in [-0.3, -0.25) is 4.39 Å². The summed E-state index contributed by atoms with van der Waals surface area (Å²) in [6.07, 6.45) is 1.03. The number of hydrogen-bond donors (Lipinski definition) is 0. The Morgan fingerprint density at radius 3 is 2.62 bits per heavy atom. The van der Waals surface area contributed by atoms with E-state index in [-0.39, 0.29) is 12.6 Å². The molecule has 0 saturated carbocycles. The Morgan fingerprint density at radius 2 is 2.08 bits per heavy atom. The van der Waals surface area contributed by atoms with Crippen LogP contribution in [-0.4, -0.2) is 6.67 Å². The van der Waals surface area contributed by atoms with Crippen LogP contribution in [0.1, 0.15) is 36.5 Å². The molecule has 0 aliphatic rings. The molecule has 1 aromatic rings. The van der Waals surface area contributed by atoms with E-state index in [9.17, 15) is 4.39 Å². The highest BCUT2D eigenvalue weighted by Crippen LogP contribution is 2.22. The van der Waals surface area contributed by atoms with Gasteiger partial charge in [-0.2, -0.15) is 0 Å². The van der Waals surface area contributed by atoms with E-state index in [0.717, 1.165) is 12.0 Å². The van der Waals surface area contributed by atoms with Crippen molar-refractivity contribution in [1.82, 2.24) is 0 Å². The summed E-state index contributed by atoms with van der Waals surface area (Å²) in [6, 6.07) is 6.16. The van der Waals surface area contributed by atoms with Crippen LogP contribution in [0.3, 0.4) is 0 Å². The van der Waals surface area contributed by atoms with Crippen molar-refractivity contribution >= 4 is 0 Å². The molecule has 1 unspecified atom stereocenters. The van der Waals surface area contributed by atoms with Gasteiger partial charge in [0.2, 0.25) is 0 Å². The normalized spacial score (nSPS) is 12.9. The largest absolute Gasteiger partial charge is 0.250 e. The van der Waals surface area contributed by atoms with Crippen LogP contribution in [0.4, 0.5) is 4.39 Å². The zero-order valence-electron chi connectivity index (χ0n) is 8.60. The van der Waals surface area contributed by atoms with Crippen LogP contribution >= 0.6 is 0 Å². The fraction of sp³-hybridized carbons (Fsp3) is 0.500. The standard InChI is InChI=1S/C12H17F/c1-4-11-6-5-7-12(10(11)3)9(2)8-13/h5-7,9H,4,8H2,1-3H3. The molecule has 1 atom stereocenters. The second-order valence-electron chi connectivity index (χ2n) is 3.54. The first-order valence-corrected chi connectivity index (χ1v) is 4.85. The van der Waals surface area contributed by atoms with Gasteiger partial charge in [-0.1, -0.05) is 32.0 Å². The lowest BCUT2D eigenvalue weighted by molar-refractivity contribution is 0.446. The van der Waals surface area contributed by atoms with E-state index < -0.39 is 0 Å². The van der Waals surface area contributed by atoms with E-state index >= 15 is 0 Å². The number of halogens is 1. The Kier molecular flexibility index (Phi) is 3.47. The first-order valence-electron chi connectivity index (χ1n) is 4.85. The predicted molar refractivity (Wildman–Crippen MR) is 54.9 cm³/mol. The van der Waals surface area contributed by atoms with Gasteiger partial charge in [0.05, 0.1) is 6.67 Å². The molecule has 0 aliphatic carbocycles. The lowest BCUT2D eigenvalue weighted by Gasteiger charge is -2.13. The Balaban J connectivity index is 3.08. The molecule has 1 rings (SSSR count). The van der Waals surface area contributed by atoms with Gasteiger partial charge in [0, 0.05) is 5.92 Å². The highest BCUT2D eigenvalue weighted by molar-refractivity contribution is 5.36. The third-order valence-corrected chi connectivity index (χ3v) is 2.63. The van der Waals surface area contributed by atoms with Crippen molar-refractivity contribution in [2.75, 3.05) is 6.67 Å². The molecule has 1 aromatic carbocycles. The molecule has 0 fully saturated rings. The number of rotatable bonds is 3. The van der Waals surface area contributed by atoms with E-state index in [1.54, 1.807) is 0 Å². The molecule has 0 aromatic heterocycles. The second kappa shape index (κ2) is 4.40. The monoisotopic (exact) mass is 180 g/mol. The van der Waals surface area contributed by atoms with Gasteiger partial charge in [-0.05, 0) is 30.0 Å². The molecular weight excluding hydrogens is 163 g/mol. The van der Waals surface area contributed by atoms with Crippen molar-refractivity contribution in [1.29, 1.82) is 0 Å². The second-order valence-corrected chi connectivity index (χ2v) is 3.54. The SMILES string of the molecule is CCc1cccc(C(C)CF)c1C. The fourth-order valence-electron chi connectivity index (χ4n) is 1.70. The number of aryl methyl sites for hydroxylation is 1. The molecule has 0 saturated heterocycles. The molecule has 72 valence electrons. The summed E-state index contributed by atoms with van der Waals surface area (Å²) in [4.78, 5) is 0. The third-order valence-electron chi connectivity index (χ3n) is 2.63. The smallest absolute Gasteiger partial charge is 0.0960 e. The highest BCUT2D eigenvalue weighted by Gasteiger charge is 2.09. The van der Waals surface area contributed by atoms with Crippen molar-refractivity contribution in [3.8, 4) is 0 Å². The number of hydrogen-bond acceptors (Lipinski definition) is 0. The minimum atomic E-state index is -0.270. The minimum absolute atomic E-state index is 0.0338. The Hall–Kier alpha value is -0.850. The van der Waals surface area contributed by atoms with Crippen LogP contribution in [0, 0.1) is 6.92 Å². The summed E-state index contributed by atoms with van der Waals surface area (Å²) >= 11 is 0. The molecule has 0 N–H and O–H groups in total. The minimum Gasteiger partial charge on any atom is -0.250 e. The summed E-state index contributed by atoms with van der Waals surface area (Å²) < 4.78 is 12.5. The third kappa shape index (κ3) is 2.09. The summed E-state index contributed by atoms with van der Waals surface area (Å²) in [7, 11) is 0. The van der Waals surface area contributed by atoms with E-state index in [0.29, 0.717) is 0 Å². The van der Waals surface area contributed by atoms with Gasteiger partial charge in [-0.15, -0.1) is 0 Å². The molecule has 13 heavy (non-hydrogen) atoms. The number of benzene rings is 1. The maximum Gasteiger partial charge on any atom is 0.0960 e. The molecule has 0 radical (unpaired) electrons. The van der Waals surface area contributed by atoms with Crippen molar-refractivity contribution in [3.63, 3.8) is 0 Å². The topological polar surface area (TPSA) is 0 Å². The van der Waals surface area contributed by atoms with Crippen molar-refractivity contribution in [2.24, 2.45) is 0 Å². The van der Waals surface area contributed by atoms with E-state index in [4.69, 9.17) is 0 Å². The van der Waals surface area contributed by atoms with Gasteiger partial charge >= 0.3 is 0 Å². The molecule has 1 heteroatoms. The molecule has 0 aliphatic heterocycles. The van der Waals surface area contributed by atoms with Crippen LogP contribution in [0.25, 0.3) is 0 Å². The van der Waals surface area contributed by atoms with Crippen LogP contribution in [0.15, 0.2) is 18.2 Å². The van der Waals surface area contributed by atoms with E-state index in [2.05, 4.69) is 19.9 Å². The van der Waals surface area contributed by atoms with Gasteiger partial charge in [0.25, 0.3) is 0 Å². The average Bonchev–Trinajstić information content (AvgIpc) is 2.17. The summed E-state index contributed by atoms with van der Waals surface area (Å²) in [5.41, 5.74) is 3.75. The van der Waals surface area contributed by atoms with Crippen LogP contribution in [0.5, 0.6) is 0 Å². The maximum atomic E-state index is 12.5. The van der Waals surface area contributed by atoms with Crippen LogP contribution in [-0.2, 0) is 6.42 Å². The zero-order valence-corrected chi connectivity index (χ0v) is 8.60. The maximum absolute atomic E-state index is 12.5. The lowest BCUT2D eigenvalue weighted by Crippen LogP contribution is -2.00. The molecular formula is C12H17F. The molecule has 0 amide bonds. The Labute approximate surface area is 79.8 Å². The quantitative estimate of drug-likeness (QED) is 0.666. The van der Waals surface area contributed by atoms with Gasteiger partial charge < -0.3 is 0 Å². The summed E-state index contributed by atoms with van der Waals surface area (Å²) in [5, 5.41) is 0. The average molecular weight is 180 g/mol. The fourth-order valence-corrected chi connectivity index (χ4v) is 1.70. The first-order chi connectivity index (χ1) is 6.20. The lowest BCUT2D eigenvalue weighted by atomic mass is 9.93. The Morgan fingerprint density at radius 1 is 1.38 bits per heavy atom. The van der Waals surface area contributed by atoms with E-state index in [1.807, 2.05) is 19.1 Å². The summed E-state index contributed by atoms with van der Waals surface area (Å²) in [5.74, 6) is 0.0338. The number of alkyl halides is 1. The van der Waals surface area contributed by atoms with Crippen molar-refractivity contribution in [2.45, 2.75) is 33.1 Å². The molecule has 0 nitrogen and oxygen atoms in total. The van der Waals surface area contributed by atoms with Crippen LogP contribution in [0.2, 0.25) is 0 Å². The van der Waals surface area contributed by atoms with Crippen molar-refractivity contribution < 1.29 is 4.39 Å². The molecule has 0 spiro atoms. The predicted octanol–water partition coefficient (Wildman–Crippen LogP) is 3.63.